The summed E-state index contributed by atoms with van der Waals surface area (Å²) in [6, 6.07) is 18.2. The van der Waals surface area contributed by atoms with Gasteiger partial charge in [0.2, 0.25) is 0 Å². The number of nitro benzene ring substituents is 1. The van der Waals surface area contributed by atoms with Gasteiger partial charge in [0.05, 0.1) is 24.9 Å². The van der Waals surface area contributed by atoms with E-state index in [1.54, 1.807) is 54.6 Å². The van der Waals surface area contributed by atoms with Crippen molar-refractivity contribution < 1.29 is 28.3 Å². The van der Waals surface area contributed by atoms with Crippen LogP contribution >= 0.6 is 0 Å². The Hall–Kier alpha value is -4.86. The van der Waals surface area contributed by atoms with Crippen LogP contribution in [0.2, 0.25) is 0 Å². The summed E-state index contributed by atoms with van der Waals surface area (Å²) in [7, 11) is 1.51. The van der Waals surface area contributed by atoms with Crippen LogP contribution in [-0.2, 0) is 6.61 Å². The molecule has 0 bridgehead atoms. The molecule has 0 spiro atoms. The third-order valence-electron chi connectivity index (χ3n) is 5.13. The fraction of sp³-hybridized carbons (Fsp3) is 0.154. The monoisotopic (exact) mass is 489 g/mol. The number of hydrazone groups is 1. The molecule has 10 heteroatoms. The molecule has 4 rings (SSSR count). The highest BCUT2D eigenvalue weighted by Crippen LogP contribution is 2.29. The van der Waals surface area contributed by atoms with Crippen molar-refractivity contribution in [2.75, 3.05) is 13.7 Å². The number of ether oxygens (including phenoxy) is 3. The Morgan fingerprint density at radius 3 is 2.58 bits per heavy atom. The van der Waals surface area contributed by atoms with Gasteiger partial charge >= 0.3 is 5.91 Å². The summed E-state index contributed by atoms with van der Waals surface area (Å²) in [5, 5.41) is 15.5. The minimum absolute atomic E-state index is 0.0168. The Morgan fingerprint density at radius 2 is 1.86 bits per heavy atom. The Bertz CT molecular complexity index is 1410. The molecule has 1 amide bonds. The number of carbonyl (C=O) groups excluding carboxylic acids is 1. The fourth-order valence-corrected chi connectivity index (χ4v) is 3.37. The van der Waals surface area contributed by atoms with Gasteiger partial charge in [0.15, 0.2) is 17.3 Å². The molecule has 36 heavy (non-hydrogen) atoms. The number of methoxy groups -OCH3 is 1. The first-order chi connectivity index (χ1) is 17.5. The molecule has 1 heterocycles. The van der Waals surface area contributed by atoms with Crippen LogP contribution in [0.5, 0.6) is 17.2 Å². The largest absolute Gasteiger partial charge is 0.494 e. The summed E-state index contributed by atoms with van der Waals surface area (Å²) >= 11 is 0. The van der Waals surface area contributed by atoms with Crippen molar-refractivity contribution in [1.82, 2.24) is 5.43 Å². The van der Waals surface area contributed by atoms with Crippen molar-refractivity contribution in [3.8, 4) is 17.2 Å². The van der Waals surface area contributed by atoms with E-state index in [1.807, 2.05) is 6.92 Å². The third-order valence-corrected chi connectivity index (χ3v) is 5.13. The maximum absolute atomic E-state index is 12.4. The number of non-ortho nitro benzene ring substituents is 1. The molecule has 0 saturated heterocycles. The van der Waals surface area contributed by atoms with Gasteiger partial charge in [-0.3, -0.25) is 14.9 Å². The lowest BCUT2D eigenvalue weighted by Gasteiger charge is -2.11. The molecule has 10 nitrogen and oxygen atoms in total. The molecule has 0 fully saturated rings. The van der Waals surface area contributed by atoms with E-state index in [4.69, 9.17) is 18.6 Å². The minimum atomic E-state index is -0.490. The maximum Gasteiger partial charge on any atom is 0.307 e. The van der Waals surface area contributed by atoms with Crippen molar-refractivity contribution in [2.45, 2.75) is 13.5 Å². The van der Waals surface area contributed by atoms with E-state index in [0.29, 0.717) is 35.0 Å². The molecule has 0 aliphatic heterocycles. The van der Waals surface area contributed by atoms with Crippen molar-refractivity contribution in [1.29, 1.82) is 0 Å². The van der Waals surface area contributed by atoms with Gasteiger partial charge in [0.25, 0.3) is 5.69 Å². The van der Waals surface area contributed by atoms with Crippen molar-refractivity contribution >= 4 is 28.8 Å². The molecule has 1 N–H and O–H groups in total. The topological polar surface area (TPSA) is 125 Å². The summed E-state index contributed by atoms with van der Waals surface area (Å²) < 4.78 is 22.2. The predicted octanol–water partition coefficient (Wildman–Crippen LogP) is 5.09. The van der Waals surface area contributed by atoms with Crippen LogP contribution in [0.3, 0.4) is 0 Å². The lowest BCUT2D eigenvalue weighted by molar-refractivity contribution is -0.384. The molecule has 1 aromatic heterocycles. The van der Waals surface area contributed by atoms with Crippen LogP contribution in [0.4, 0.5) is 5.69 Å². The van der Waals surface area contributed by atoms with Crippen molar-refractivity contribution in [2.24, 2.45) is 5.10 Å². The third kappa shape index (κ3) is 5.79. The normalized spacial score (nSPS) is 10.9. The number of amides is 1. The van der Waals surface area contributed by atoms with Crippen LogP contribution in [0.15, 0.2) is 76.2 Å². The number of hydrogen-bond acceptors (Lipinski definition) is 8. The smallest absolute Gasteiger partial charge is 0.307 e. The first-order valence-electron chi connectivity index (χ1n) is 11.0. The minimum Gasteiger partial charge on any atom is -0.494 e. The standard InChI is InChI=1S/C26H23N3O7/c1-3-34-21-9-11-22-19(13-21)14-25(36-22)26(30)28-27-15-18-6-10-23(24(12-18)33-2)35-16-17-4-7-20(8-5-17)29(31)32/h4-15H,3,16H2,1-2H3,(H,28,30)/b27-15+. The van der Waals surface area contributed by atoms with Gasteiger partial charge in [-0.05, 0) is 72.6 Å². The molecule has 0 saturated carbocycles. The molecule has 3 aromatic carbocycles. The predicted molar refractivity (Wildman–Crippen MR) is 133 cm³/mol. The van der Waals surface area contributed by atoms with Gasteiger partial charge in [-0.1, -0.05) is 0 Å². The van der Waals surface area contributed by atoms with Gasteiger partial charge < -0.3 is 18.6 Å². The fourth-order valence-electron chi connectivity index (χ4n) is 3.37. The van der Waals surface area contributed by atoms with Gasteiger partial charge in [0.1, 0.15) is 17.9 Å². The summed E-state index contributed by atoms with van der Waals surface area (Å²) in [5.74, 6) is 1.30. The number of nitrogens with one attached hydrogen (secondary N) is 1. The maximum atomic E-state index is 12.4. The van der Waals surface area contributed by atoms with Crippen molar-refractivity contribution in [3.05, 3.63) is 93.7 Å². The number of furan rings is 1. The average molecular weight is 489 g/mol. The first kappa shape index (κ1) is 24.3. The summed E-state index contributed by atoms with van der Waals surface area (Å²) in [5.41, 5.74) is 4.47. The van der Waals surface area contributed by atoms with E-state index in [9.17, 15) is 14.9 Å². The van der Waals surface area contributed by atoms with Crippen molar-refractivity contribution in [3.63, 3.8) is 0 Å². The SMILES string of the molecule is CCOc1ccc2oc(C(=O)N/N=C/c3ccc(OCc4ccc([N+](=O)[O-])cc4)c(OC)c3)cc2c1. The van der Waals surface area contributed by atoms with Gasteiger partial charge in [-0.25, -0.2) is 5.43 Å². The number of nitrogens with zero attached hydrogens (tertiary/aromatic N) is 2. The number of benzene rings is 3. The summed E-state index contributed by atoms with van der Waals surface area (Å²) in [4.78, 5) is 22.8. The van der Waals surface area contributed by atoms with Crippen LogP contribution in [0.1, 0.15) is 28.6 Å². The van der Waals surface area contributed by atoms with Crippen LogP contribution in [0, 0.1) is 10.1 Å². The van der Waals surface area contributed by atoms with E-state index in [-0.39, 0.29) is 18.1 Å². The van der Waals surface area contributed by atoms with Crippen LogP contribution in [0.25, 0.3) is 11.0 Å². The van der Waals surface area contributed by atoms with Crippen LogP contribution in [-0.4, -0.2) is 30.8 Å². The zero-order valence-corrected chi connectivity index (χ0v) is 19.6. The lowest BCUT2D eigenvalue weighted by Crippen LogP contribution is -2.16. The molecule has 4 aromatic rings. The Labute approximate surface area is 206 Å². The zero-order chi connectivity index (χ0) is 25.5. The van der Waals surface area contributed by atoms with Gasteiger partial charge in [-0.2, -0.15) is 5.10 Å². The second kappa shape index (κ2) is 11.0. The summed E-state index contributed by atoms with van der Waals surface area (Å²) in [6.45, 7) is 2.65. The van der Waals surface area contributed by atoms with Gasteiger partial charge in [0, 0.05) is 17.5 Å². The molecule has 184 valence electrons. The Morgan fingerprint density at radius 1 is 1.06 bits per heavy atom. The van der Waals surface area contributed by atoms with Crippen LogP contribution < -0.4 is 19.6 Å². The Kier molecular flexibility index (Phi) is 7.45. The molecular weight excluding hydrogens is 466 g/mol. The van der Waals surface area contributed by atoms with E-state index >= 15 is 0 Å². The number of nitro groups is 1. The number of fused-ring (bicyclic) bond motifs is 1. The average Bonchev–Trinajstić information content (AvgIpc) is 3.32. The Balaban J connectivity index is 1.37. The number of rotatable bonds is 10. The second-order valence-electron chi connectivity index (χ2n) is 7.56. The van der Waals surface area contributed by atoms with E-state index in [1.165, 1.54) is 25.5 Å². The molecular formula is C26H23N3O7. The van der Waals surface area contributed by atoms with E-state index < -0.39 is 10.8 Å². The zero-order valence-electron chi connectivity index (χ0n) is 19.6. The lowest BCUT2D eigenvalue weighted by atomic mass is 10.2. The quantitative estimate of drug-likeness (QED) is 0.187. The number of hydrogen-bond donors (Lipinski definition) is 1. The first-order valence-corrected chi connectivity index (χ1v) is 11.0. The summed E-state index contributed by atoms with van der Waals surface area (Å²) in [6.07, 6.45) is 1.47. The molecule has 0 unspecified atom stereocenters. The number of carbonyl (C=O) groups is 1. The van der Waals surface area contributed by atoms with E-state index in [0.717, 1.165) is 10.9 Å². The molecule has 0 radical (unpaired) electrons. The molecule has 0 atom stereocenters. The highest BCUT2D eigenvalue weighted by Gasteiger charge is 2.13. The van der Waals surface area contributed by atoms with Gasteiger partial charge in [-0.15, -0.1) is 0 Å². The molecule has 0 aliphatic rings. The van der Waals surface area contributed by atoms with E-state index in [2.05, 4.69) is 10.5 Å². The second-order valence-corrected chi connectivity index (χ2v) is 7.56. The highest BCUT2D eigenvalue weighted by atomic mass is 16.6. The highest BCUT2D eigenvalue weighted by molar-refractivity contribution is 5.96. The molecule has 0 aliphatic carbocycles.